The second-order valence-corrected chi connectivity index (χ2v) is 8.92. The van der Waals surface area contributed by atoms with E-state index in [0.29, 0.717) is 11.3 Å². The van der Waals surface area contributed by atoms with Crippen molar-refractivity contribution < 1.29 is 18.0 Å². The maximum absolute atomic E-state index is 12.5. The lowest BCUT2D eigenvalue weighted by Crippen LogP contribution is -2.32. The highest BCUT2D eigenvalue weighted by atomic mass is 32.2. The second kappa shape index (κ2) is 10.8. The zero-order valence-corrected chi connectivity index (χ0v) is 18.8. The number of rotatable bonds is 9. The summed E-state index contributed by atoms with van der Waals surface area (Å²) >= 11 is 0. The molecule has 3 aromatic rings. The van der Waals surface area contributed by atoms with Crippen molar-refractivity contribution in [3.63, 3.8) is 0 Å². The third kappa shape index (κ3) is 6.45. The Hall–Kier alpha value is -3.60. The number of hydrogen-bond donors (Lipinski definition) is 4. The summed E-state index contributed by atoms with van der Waals surface area (Å²) in [6.45, 7) is 2.05. The third-order valence-electron chi connectivity index (χ3n) is 4.76. The number of nitrogens with zero attached hydrogens (tertiary/aromatic N) is 1. The van der Waals surface area contributed by atoms with E-state index in [2.05, 4.69) is 20.3 Å². The van der Waals surface area contributed by atoms with E-state index < -0.39 is 22.0 Å². The first-order valence-corrected chi connectivity index (χ1v) is 11.7. The SMILES string of the molecule is CCNS(=O)(=O)c1cccc(C(=O)NCC(N)c2ccc(C(=O)Nc3ccncc3)cc2)c1. The summed E-state index contributed by atoms with van der Waals surface area (Å²) in [7, 11) is -3.66. The highest BCUT2D eigenvalue weighted by Gasteiger charge is 2.16. The largest absolute Gasteiger partial charge is 0.350 e. The Morgan fingerprint density at radius 2 is 1.67 bits per heavy atom. The lowest BCUT2D eigenvalue weighted by atomic mass is 10.0. The van der Waals surface area contributed by atoms with E-state index in [-0.39, 0.29) is 29.5 Å². The molecule has 1 heterocycles. The fraction of sp³-hybridized carbons (Fsp3) is 0.174. The first-order valence-electron chi connectivity index (χ1n) is 10.2. The van der Waals surface area contributed by atoms with Gasteiger partial charge >= 0.3 is 0 Å². The molecule has 33 heavy (non-hydrogen) atoms. The van der Waals surface area contributed by atoms with Crippen molar-refractivity contribution in [1.82, 2.24) is 15.0 Å². The molecule has 2 aromatic carbocycles. The van der Waals surface area contributed by atoms with Gasteiger partial charge in [-0.1, -0.05) is 25.1 Å². The fourth-order valence-corrected chi connectivity index (χ4v) is 4.11. The first-order chi connectivity index (χ1) is 15.8. The van der Waals surface area contributed by atoms with Crippen LogP contribution in [0, 0.1) is 0 Å². The van der Waals surface area contributed by atoms with Crippen molar-refractivity contribution in [2.24, 2.45) is 5.73 Å². The highest BCUT2D eigenvalue weighted by Crippen LogP contribution is 2.15. The van der Waals surface area contributed by atoms with Crippen LogP contribution in [0.2, 0.25) is 0 Å². The van der Waals surface area contributed by atoms with Gasteiger partial charge < -0.3 is 16.4 Å². The summed E-state index contributed by atoms with van der Waals surface area (Å²) in [5.74, 6) is -0.700. The number of pyridine rings is 1. The number of nitrogens with two attached hydrogens (primary N) is 1. The van der Waals surface area contributed by atoms with Crippen LogP contribution in [0.4, 0.5) is 5.69 Å². The summed E-state index contributed by atoms with van der Waals surface area (Å²) < 4.78 is 26.7. The van der Waals surface area contributed by atoms with Crippen molar-refractivity contribution in [3.8, 4) is 0 Å². The molecule has 0 aliphatic carbocycles. The predicted molar refractivity (Wildman–Crippen MR) is 125 cm³/mol. The Balaban J connectivity index is 1.59. The van der Waals surface area contributed by atoms with Gasteiger partial charge in [-0.3, -0.25) is 14.6 Å². The van der Waals surface area contributed by atoms with Gasteiger partial charge in [0.15, 0.2) is 0 Å². The van der Waals surface area contributed by atoms with Gasteiger partial charge in [0.1, 0.15) is 0 Å². The molecule has 0 radical (unpaired) electrons. The van der Waals surface area contributed by atoms with Gasteiger partial charge in [0, 0.05) is 48.3 Å². The Kier molecular flexibility index (Phi) is 7.88. The number of carbonyl (C=O) groups is 2. The molecule has 0 aliphatic heterocycles. The topological polar surface area (TPSA) is 143 Å². The molecule has 1 atom stereocenters. The number of sulfonamides is 1. The minimum atomic E-state index is -3.66. The molecule has 0 saturated heterocycles. The van der Waals surface area contributed by atoms with E-state index in [1.807, 2.05) is 0 Å². The van der Waals surface area contributed by atoms with Crippen LogP contribution in [0.15, 0.2) is 78.0 Å². The van der Waals surface area contributed by atoms with E-state index in [1.54, 1.807) is 55.7 Å². The van der Waals surface area contributed by atoms with Crippen LogP contribution >= 0.6 is 0 Å². The van der Waals surface area contributed by atoms with Crippen molar-refractivity contribution in [2.75, 3.05) is 18.4 Å². The van der Waals surface area contributed by atoms with Gasteiger partial charge in [-0.05, 0) is 48.0 Å². The molecule has 9 nitrogen and oxygen atoms in total. The monoisotopic (exact) mass is 467 g/mol. The van der Waals surface area contributed by atoms with Gasteiger partial charge in [0.05, 0.1) is 4.90 Å². The number of benzene rings is 2. The number of nitrogens with one attached hydrogen (secondary N) is 3. The first kappa shape index (κ1) is 24.1. The maximum Gasteiger partial charge on any atom is 0.255 e. The highest BCUT2D eigenvalue weighted by molar-refractivity contribution is 7.89. The zero-order chi connectivity index (χ0) is 23.8. The Morgan fingerprint density at radius 1 is 0.970 bits per heavy atom. The lowest BCUT2D eigenvalue weighted by Gasteiger charge is -2.14. The summed E-state index contributed by atoms with van der Waals surface area (Å²) in [6, 6.07) is 15.4. The molecule has 5 N–H and O–H groups in total. The van der Waals surface area contributed by atoms with Gasteiger partial charge in [0.2, 0.25) is 10.0 Å². The second-order valence-electron chi connectivity index (χ2n) is 7.16. The molecule has 1 aromatic heterocycles. The zero-order valence-electron chi connectivity index (χ0n) is 18.0. The molecule has 0 saturated carbocycles. The molecule has 172 valence electrons. The normalized spacial score (nSPS) is 12.1. The molecular weight excluding hydrogens is 442 g/mol. The number of amides is 2. The summed E-state index contributed by atoms with van der Waals surface area (Å²) in [5.41, 5.74) is 8.23. The van der Waals surface area contributed by atoms with E-state index >= 15 is 0 Å². The summed E-state index contributed by atoms with van der Waals surface area (Å²) in [6.07, 6.45) is 3.17. The average Bonchev–Trinajstić information content (AvgIpc) is 2.83. The number of hydrogen-bond acceptors (Lipinski definition) is 6. The molecule has 0 aliphatic rings. The quantitative estimate of drug-likeness (QED) is 0.379. The molecular formula is C23H25N5O4S. The minimum absolute atomic E-state index is 0.0157. The van der Waals surface area contributed by atoms with Crippen LogP contribution in [-0.2, 0) is 10.0 Å². The van der Waals surface area contributed by atoms with Crippen LogP contribution in [0.5, 0.6) is 0 Å². The molecule has 1 unspecified atom stereocenters. The third-order valence-corrected chi connectivity index (χ3v) is 6.31. The van der Waals surface area contributed by atoms with Crippen LogP contribution in [0.25, 0.3) is 0 Å². The number of anilines is 1. The molecule has 0 spiro atoms. The number of aromatic nitrogens is 1. The Morgan fingerprint density at radius 3 is 2.33 bits per heavy atom. The molecule has 0 bridgehead atoms. The molecule has 2 amide bonds. The van der Waals surface area contributed by atoms with E-state index in [1.165, 1.54) is 24.3 Å². The molecule has 3 rings (SSSR count). The summed E-state index contributed by atoms with van der Waals surface area (Å²) in [4.78, 5) is 28.8. The van der Waals surface area contributed by atoms with Gasteiger partial charge in [0.25, 0.3) is 11.8 Å². The number of carbonyl (C=O) groups excluding carboxylic acids is 2. The predicted octanol–water partition coefficient (Wildman–Crippen LogP) is 2.06. The van der Waals surface area contributed by atoms with Gasteiger partial charge in [-0.15, -0.1) is 0 Å². The van der Waals surface area contributed by atoms with Crippen LogP contribution in [-0.4, -0.2) is 38.3 Å². The van der Waals surface area contributed by atoms with Crippen molar-refractivity contribution in [1.29, 1.82) is 0 Å². The smallest absolute Gasteiger partial charge is 0.255 e. The van der Waals surface area contributed by atoms with Crippen LogP contribution < -0.4 is 21.1 Å². The molecule has 0 fully saturated rings. The van der Waals surface area contributed by atoms with E-state index in [9.17, 15) is 18.0 Å². The van der Waals surface area contributed by atoms with Crippen molar-refractivity contribution >= 4 is 27.5 Å². The standard InChI is InChI=1S/C23H25N5O4S/c1-2-27-33(31,32)20-5-3-4-18(14-20)22(29)26-15-21(24)16-6-8-17(9-7-16)23(30)28-19-10-12-25-13-11-19/h3-14,21,27H,2,15,24H2,1H3,(H,26,29)(H,25,28,30). The van der Waals surface area contributed by atoms with Crippen molar-refractivity contribution in [3.05, 3.63) is 89.7 Å². The van der Waals surface area contributed by atoms with Crippen molar-refractivity contribution in [2.45, 2.75) is 17.9 Å². The van der Waals surface area contributed by atoms with E-state index in [4.69, 9.17) is 5.73 Å². The average molecular weight is 468 g/mol. The Labute approximate surface area is 192 Å². The Bertz CT molecular complexity index is 1220. The van der Waals surface area contributed by atoms with Gasteiger partial charge in [-0.2, -0.15) is 0 Å². The summed E-state index contributed by atoms with van der Waals surface area (Å²) in [5, 5.41) is 5.49. The van der Waals surface area contributed by atoms with E-state index in [0.717, 1.165) is 5.56 Å². The minimum Gasteiger partial charge on any atom is -0.350 e. The fourth-order valence-electron chi connectivity index (χ4n) is 3.02. The lowest BCUT2D eigenvalue weighted by molar-refractivity contribution is 0.0950. The maximum atomic E-state index is 12.5. The molecule has 10 heteroatoms. The van der Waals surface area contributed by atoms with Crippen LogP contribution in [0.1, 0.15) is 39.2 Å². The van der Waals surface area contributed by atoms with Crippen LogP contribution in [0.3, 0.4) is 0 Å². The van der Waals surface area contributed by atoms with Gasteiger partial charge in [-0.25, -0.2) is 13.1 Å².